The molecule has 4 aromatic rings. The van der Waals surface area contributed by atoms with Crippen molar-refractivity contribution in [2.24, 2.45) is 5.73 Å². The molecule has 2 aromatic heterocycles. The second-order valence-electron chi connectivity index (χ2n) is 13.5. The maximum Gasteiger partial charge on any atom is 0.425 e. The van der Waals surface area contributed by atoms with Crippen LogP contribution in [0.3, 0.4) is 0 Å². The highest BCUT2D eigenvalue weighted by Gasteiger charge is 2.38. The zero-order valence-electron chi connectivity index (χ0n) is 28.7. The number of ether oxygens (including phenoxy) is 2. The van der Waals surface area contributed by atoms with E-state index in [1.165, 1.54) is 42.6 Å². The fraction of sp³-hybridized carbons (Fsp3) is 0.382. The third-order valence-corrected chi connectivity index (χ3v) is 9.03. The maximum absolute atomic E-state index is 14.1. The minimum absolute atomic E-state index is 0.0723. The van der Waals surface area contributed by atoms with E-state index in [1.54, 1.807) is 55.4 Å². The lowest BCUT2D eigenvalue weighted by Crippen LogP contribution is -2.44. The van der Waals surface area contributed by atoms with E-state index in [2.05, 4.69) is 15.1 Å². The van der Waals surface area contributed by atoms with Crippen molar-refractivity contribution >= 4 is 27.8 Å². The van der Waals surface area contributed by atoms with Gasteiger partial charge in [0.05, 0.1) is 27.6 Å². The molecular formula is C34H38F3N5O7S. The Hall–Kier alpha value is -4.83. The highest BCUT2D eigenvalue weighted by atomic mass is 32.2. The standard InChI is InChI=1S/C34H38F3N5O7S/c1-19(2)50(45,46)22-12-10-21(11-13-22)26-18-39-29(42(30(43)47-32(3,4)5)31(44)48-33(6,7)8)28(40-26)27-16-25(41-49-27)23-14-9-20(17-38)15-24(23)34(35,36)37/h9-16,18-19H,17,38H2,1-8H3. The molecule has 0 unspecified atom stereocenters. The van der Waals surface area contributed by atoms with E-state index in [0.717, 1.165) is 12.1 Å². The van der Waals surface area contributed by atoms with Gasteiger partial charge in [-0.2, -0.15) is 18.1 Å². The predicted octanol–water partition coefficient (Wildman–Crippen LogP) is 7.80. The van der Waals surface area contributed by atoms with Gasteiger partial charge >= 0.3 is 18.4 Å². The third-order valence-electron chi connectivity index (χ3n) is 6.86. The van der Waals surface area contributed by atoms with Crippen LogP contribution in [0.25, 0.3) is 34.0 Å². The van der Waals surface area contributed by atoms with E-state index in [9.17, 15) is 31.2 Å². The average molecular weight is 718 g/mol. The van der Waals surface area contributed by atoms with Crippen LogP contribution in [0.1, 0.15) is 66.5 Å². The molecule has 0 aliphatic carbocycles. The molecule has 0 aliphatic heterocycles. The van der Waals surface area contributed by atoms with E-state index in [1.807, 2.05) is 0 Å². The van der Waals surface area contributed by atoms with Crippen LogP contribution >= 0.6 is 0 Å². The van der Waals surface area contributed by atoms with Gasteiger partial charge in [-0.15, -0.1) is 0 Å². The number of hydrogen-bond acceptors (Lipinski definition) is 11. The maximum atomic E-state index is 14.1. The lowest BCUT2D eigenvalue weighted by molar-refractivity contribution is -0.137. The molecular weight excluding hydrogens is 679 g/mol. The van der Waals surface area contributed by atoms with Gasteiger partial charge in [-0.3, -0.25) is 0 Å². The highest BCUT2D eigenvalue weighted by Crippen LogP contribution is 2.40. The normalized spacial score (nSPS) is 12.6. The Bertz CT molecular complexity index is 1970. The number of rotatable bonds is 7. The van der Waals surface area contributed by atoms with Gasteiger partial charge in [-0.25, -0.2) is 28.0 Å². The molecule has 0 fully saturated rings. The van der Waals surface area contributed by atoms with Gasteiger partial charge in [0.2, 0.25) is 0 Å². The molecule has 4 rings (SSSR count). The van der Waals surface area contributed by atoms with Crippen molar-refractivity contribution in [2.75, 3.05) is 4.90 Å². The second-order valence-corrected chi connectivity index (χ2v) is 16.0. The second kappa shape index (κ2) is 13.8. The first-order valence-electron chi connectivity index (χ1n) is 15.4. The van der Waals surface area contributed by atoms with Gasteiger partial charge in [0, 0.05) is 23.7 Å². The quantitative estimate of drug-likeness (QED) is 0.198. The van der Waals surface area contributed by atoms with Crippen LogP contribution in [0.4, 0.5) is 28.6 Å². The molecule has 2 aromatic carbocycles. The van der Waals surface area contributed by atoms with Crippen molar-refractivity contribution < 1.29 is 45.2 Å². The fourth-order valence-corrected chi connectivity index (χ4v) is 5.55. The zero-order valence-corrected chi connectivity index (χ0v) is 29.6. The smallest absolute Gasteiger partial charge is 0.425 e. The summed E-state index contributed by atoms with van der Waals surface area (Å²) >= 11 is 0. The van der Waals surface area contributed by atoms with Crippen LogP contribution in [0.2, 0.25) is 0 Å². The van der Waals surface area contributed by atoms with E-state index in [0.29, 0.717) is 10.5 Å². The monoisotopic (exact) mass is 717 g/mol. The van der Waals surface area contributed by atoms with Crippen LogP contribution in [0.15, 0.2) is 64.1 Å². The molecule has 0 spiro atoms. The van der Waals surface area contributed by atoms with E-state index in [4.69, 9.17) is 19.7 Å². The first-order chi connectivity index (χ1) is 23.0. The summed E-state index contributed by atoms with van der Waals surface area (Å²) < 4.78 is 84.2. The van der Waals surface area contributed by atoms with Crippen molar-refractivity contribution in [3.05, 3.63) is 65.9 Å². The lowest BCUT2D eigenvalue weighted by Gasteiger charge is -2.28. The van der Waals surface area contributed by atoms with Crippen molar-refractivity contribution in [2.45, 2.75) is 89.5 Å². The first-order valence-corrected chi connectivity index (χ1v) is 16.9. The first kappa shape index (κ1) is 38.0. The molecule has 268 valence electrons. The molecule has 0 radical (unpaired) electrons. The number of nitrogens with zero attached hydrogens (tertiary/aromatic N) is 4. The van der Waals surface area contributed by atoms with Crippen molar-refractivity contribution in [1.29, 1.82) is 0 Å². The average Bonchev–Trinajstić information content (AvgIpc) is 3.49. The number of imide groups is 1. The summed E-state index contributed by atoms with van der Waals surface area (Å²) in [5.41, 5.74) is 2.31. The number of alkyl halides is 3. The predicted molar refractivity (Wildman–Crippen MR) is 179 cm³/mol. The largest absolute Gasteiger partial charge is 0.443 e. The van der Waals surface area contributed by atoms with Crippen LogP contribution in [-0.4, -0.2) is 52.2 Å². The summed E-state index contributed by atoms with van der Waals surface area (Å²) in [6.45, 7) is 12.4. The minimum Gasteiger partial charge on any atom is -0.443 e. The SMILES string of the molecule is CC(C)S(=O)(=O)c1ccc(-c2cnc(N(C(=O)OC(C)(C)C)C(=O)OC(C)(C)C)c(-c3cc(-c4ccc(CN)cc4C(F)(F)F)no3)n2)cc1. The van der Waals surface area contributed by atoms with E-state index < -0.39 is 56.0 Å². The number of aromatic nitrogens is 3. The molecule has 12 nitrogen and oxygen atoms in total. The zero-order chi connectivity index (χ0) is 37.4. The van der Waals surface area contributed by atoms with Gasteiger partial charge in [-0.1, -0.05) is 29.4 Å². The number of hydrogen-bond donors (Lipinski definition) is 1. The minimum atomic E-state index is -4.77. The topological polar surface area (TPSA) is 168 Å². The number of amides is 2. The number of anilines is 1. The van der Waals surface area contributed by atoms with E-state index >= 15 is 0 Å². The van der Waals surface area contributed by atoms with Crippen molar-refractivity contribution in [3.63, 3.8) is 0 Å². The summed E-state index contributed by atoms with van der Waals surface area (Å²) in [6, 6.07) is 10.5. The Labute approximate surface area is 287 Å². The van der Waals surface area contributed by atoms with Gasteiger partial charge in [-0.05, 0) is 79.2 Å². The summed E-state index contributed by atoms with van der Waals surface area (Å²) in [6.07, 6.45) is -5.93. The Kier molecular flexibility index (Phi) is 10.5. The highest BCUT2D eigenvalue weighted by molar-refractivity contribution is 7.92. The molecule has 0 aliphatic rings. The summed E-state index contributed by atoms with van der Waals surface area (Å²) in [4.78, 5) is 36.6. The number of halogens is 3. The van der Waals surface area contributed by atoms with Crippen molar-refractivity contribution in [1.82, 2.24) is 15.1 Å². The fourth-order valence-electron chi connectivity index (χ4n) is 4.49. The lowest BCUT2D eigenvalue weighted by atomic mass is 10.0. The van der Waals surface area contributed by atoms with Gasteiger partial charge in [0.15, 0.2) is 27.1 Å². The Morgan fingerprint density at radius 2 is 1.48 bits per heavy atom. The number of carbonyl (C=O) groups excluding carboxylic acids is 2. The van der Waals surface area contributed by atoms with Crippen molar-refractivity contribution in [3.8, 4) is 34.0 Å². The van der Waals surface area contributed by atoms with Crippen LogP contribution in [0.5, 0.6) is 0 Å². The molecule has 16 heteroatoms. The number of carbonyl (C=O) groups is 2. The van der Waals surface area contributed by atoms with Crippen LogP contribution in [0, 0.1) is 0 Å². The molecule has 2 heterocycles. The Balaban J connectivity index is 1.96. The van der Waals surface area contributed by atoms with Gasteiger partial charge in [0.25, 0.3) is 0 Å². The van der Waals surface area contributed by atoms with Gasteiger partial charge < -0.3 is 19.7 Å². The van der Waals surface area contributed by atoms with E-state index in [-0.39, 0.29) is 45.4 Å². The van der Waals surface area contributed by atoms with Crippen LogP contribution in [-0.2, 0) is 32.0 Å². The molecule has 2 N–H and O–H groups in total. The molecule has 2 amide bonds. The molecule has 0 saturated carbocycles. The summed E-state index contributed by atoms with van der Waals surface area (Å²) in [5.74, 6) is -0.704. The Morgan fingerprint density at radius 1 is 0.900 bits per heavy atom. The van der Waals surface area contributed by atoms with Gasteiger partial charge in [0.1, 0.15) is 16.9 Å². The Morgan fingerprint density at radius 3 is 1.98 bits per heavy atom. The molecule has 50 heavy (non-hydrogen) atoms. The number of benzene rings is 2. The molecule has 0 bridgehead atoms. The summed E-state index contributed by atoms with van der Waals surface area (Å²) in [7, 11) is -3.59. The number of sulfone groups is 1. The molecule has 0 saturated heterocycles. The third kappa shape index (κ3) is 8.66. The van der Waals surface area contributed by atoms with Crippen LogP contribution < -0.4 is 10.6 Å². The number of nitrogens with two attached hydrogens (primary N) is 1. The molecule has 0 atom stereocenters. The summed E-state index contributed by atoms with van der Waals surface area (Å²) in [5, 5.41) is 3.20.